The third-order valence-electron chi connectivity index (χ3n) is 15.1. The molecule has 1 atom stereocenters. The van der Waals surface area contributed by atoms with Crippen LogP contribution in [0.3, 0.4) is 0 Å². The highest BCUT2D eigenvalue weighted by atomic mass is 16.6. The highest BCUT2D eigenvalue weighted by molar-refractivity contribution is 5.71. The molecule has 1 unspecified atom stereocenters. The van der Waals surface area contributed by atoms with Crippen molar-refractivity contribution in [1.29, 1.82) is 0 Å². The molecule has 0 fully saturated rings. The molecule has 0 saturated heterocycles. The zero-order valence-electron chi connectivity index (χ0n) is 50.6. The Labute approximate surface area is 467 Å². The van der Waals surface area contributed by atoms with Crippen LogP contribution in [-0.2, 0) is 28.6 Å². The second kappa shape index (κ2) is 64.2. The third kappa shape index (κ3) is 62.4. The summed E-state index contributed by atoms with van der Waals surface area (Å²) in [6.07, 6.45) is 78.7. The predicted molar refractivity (Wildman–Crippen MR) is 326 cm³/mol. The maximum Gasteiger partial charge on any atom is 0.306 e. The van der Waals surface area contributed by atoms with E-state index in [0.717, 1.165) is 64.2 Å². The van der Waals surface area contributed by atoms with Gasteiger partial charge in [0, 0.05) is 19.3 Å². The summed E-state index contributed by atoms with van der Waals surface area (Å²) in [6.45, 7) is 6.69. The molecular weight excluding hydrogens is 925 g/mol. The van der Waals surface area contributed by atoms with Gasteiger partial charge in [-0.2, -0.15) is 0 Å². The Bertz CT molecular complexity index is 1250. The van der Waals surface area contributed by atoms with E-state index in [0.29, 0.717) is 19.3 Å². The van der Waals surface area contributed by atoms with Crippen molar-refractivity contribution in [3.63, 3.8) is 0 Å². The zero-order valence-corrected chi connectivity index (χ0v) is 50.6. The molecule has 0 aliphatic heterocycles. The van der Waals surface area contributed by atoms with Crippen molar-refractivity contribution in [2.75, 3.05) is 13.2 Å². The van der Waals surface area contributed by atoms with Crippen LogP contribution >= 0.6 is 0 Å². The van der Waals surface area contributed by atoms with Gasteiger partial charge in [-0.05, 0) is 96.3 Å². The number of hydrogen-bond donors (Lipinski definition) is 0. The topological polar surface area (TPSA) is 78.9 Å². The smallest absolute Gasteiger partial charge is 0.306 e. The molecule has 75 heavy (non-hydrogen) atoms. The fourth-order valence-electron chi connectivity index (χ4n) is 10.0. The maximum absolute atomic E-state index is 12.9. The SMILES string of the molecule is CCCCCCCCC/C=C\CCCCCCCCCC(=O)OC(COC(=O)CCCCCCC/C=C\CCCCCCCCC)COC(=O)CCCCCCCCCCCCC/C=C\CCCCCCCCCC. The molecule has 0 N–H and O–H groups in total. The number of ether oxygens (including phenoxy) is 3. The number of carbonyl (C=O) groups excluding carboxylic acids is 3. The average molecular weight is 1050 g/mol. The molecule has 0 aromatic rings. The van der Waals surface area contributed by atoms with Gasteiger partial charge in [-0.25, -0.2) is 0 Å². The van der Waals surface area contributed by atoms with Crippen LogP contribution in [0, 0.1) is 0 Å². The Hall–Kier alpha value is -2.37. The molecule has 0 aromatic carbocycles. The number of rotatable bonds is 62. The van der Waals surface area contributed by atoms with Gasteiger partial charge < -0.3 is 14.2 Å². The van der Waals surface area contributed by atoms with Crippen molar-refractivity contribution in [1.82, 2.24) is 0 Å². The van der Waals surface area contributed by atoms with E-state index < -0.39 is 6.10 Å². The molecule has 6 nitrogen and oxygen atoms in total. The molecule has 0 saturated carbocycles. The summed E-state index contributed by atoms with van der Waals surface area (Å²) in [4.78, 5) is 38.4. The van der Waals surface area contributed by atoms with Crippen molar-refractivity contribution in [3.8, 4) is 0 Å². The van der Waals surface area contributed by atoms with Crippen molar-refractivity contribution < 1.29 is 28.6 Å². The number of hydrogen-bond acceptors (Lipinski definition) is 6. The van der Waals surface area contributed by atoms with Gasteiger partial charge in [-0.3, -0.25) is 14.4 Å². The van der Waals surface area contributed by atoms with E-state index in [1.807, 2.05) is 0 Å². The van der Waals surface area contributed by atoms with Crippen LogP contribution in [0.5, 0.6) is 0 Å². The van der Waals surface area contributed by atoms with Gasteiger partial charge in [-0.15, -0.1) is 0 Å². The van der Waals surface area contributed by atoms with Crippen molar-refractivity contribution in [2.45, 2.75) is 374 Å². The number of unbranched alkanes of at least 4 members (excludes halogenated alkanes) is 45. The Kier molecular flexibility index (Phi) is 62.1. The van der Waals surface area contributed by atoms with E-state index in [1.54, 1.807) is 0 Å². The lowest BCUT2D eigenvalue weighted by atomic mass is 10.0. The second-order valence-electron chi connectivity index (χ2n) is 22.7. The lowest BCUT2D eigenvalue weighted by Gasteiger charge is -2.18. The summed E-state index contributed by atoms with van der Waals surface area (Å²) in [6, 6.07) is 0. The lowest BCUT2D eigenvalue weighted by molar-refractivity contribution is -0.167. The van der Waals surface area contributed by atoms with Crippen molar-refractivity contribution in [2.24, 2.45) is 0 Å². The molecule has 0 amide bonds. The highest BCUT2D eigenvalue weighted by Gasteiger charge is 2.19. The molecule has 0 rings (SSSR count). The van der Waals surface area contributed by atoms with Gasteiger partial charge in [0.15, 0.2) is 6.10 Å². The van der Waals surface area contributed by atoms with E-state index in [-0.39, 0.29) is 31.1 Å². The van der Waals surface area contributed by atoms with Gasteiger partial charge in [0.1, 0.15) is 13.2 Å². The summed E-state index contributed by atoms with van der Waals surface area (Å²) in [7, 11) is 0. The first-order chi connectivity index (χ1) is 37.0. The van der Waals surface area contributed by atoms with Crippen LogP contribution < -0.4 is 0 Å². The first-order valence-electron chi connectivity index (χ1n) is 33.5. The molecule has 0 bridgehead atoms. The van der Waals surface area contributed by atoms with Crippen LogP contribution in [0.1, 0.15) is 367 Å². The van der Waals surface area contributed by atoms with Gasteiger partial charge >= 0.3 is 17.9 Å². The van der Waals surface area contributed by atoms with Crippen molar-refractivity contribution >= 4 is 17.9 Å². The lowest BCUT2D eigenvalue weighted by Crippen LogP contribution is -2.30. The minimum absolute atomic E-state index is 0.0737. The molecule has 0 radical (unpaired) electrons. The van der Waals surface area contributed by atoms with Crippen LogP contribution in [0.4, 0.5) is 0 Å². The summed E-state index contributed by atoms with van der Waals surface area (Å²) in [5.74, 6) is -0.863. The minimum atomic E-state index is -0.778. The van der Waals surface area contributed by atoms with Gasteiger partial charge in [0.25, 0.3) is 0 Å². The fourth-order valence-corrected chi connectivity index (χ4v) is 10.0. The second-order valence-corrected chi connectivity index (χ2v) is 22.7. The summed E-state index contributed by atoms with van der Waals surface area (Å²) >= 11 is 0. The highest BCUT2D eigenvalue weighted by Crippen LogP contribution is 2.17. The molecular formula is C69H128O6. The standard InChI is InChI=1S/C69H128O6/c1-4-7-10-13-16-19-22-25-28-31-33-34-35-36-37-39-41-44-47-50-53-56-59-62-68(71)74-65-66(64-73-67(70)61-58-55-52-49-46-43-40-30-27-24-21-18-15-12-9-6-3)75-69(72)63-60-57-54-51-48-45-42-38-32-29-26-23-20-17-14-11-8-5-2/h29-33,40,66H,4-28,34-39,41-65H2,1-3H3/b32-29-,33-31-,40-30-. The Morgan fingerprint density at radius 2 is 0.440 bits per heavy atom. The van der Waals surface area contributed by atoms with E-state index in [9.17, 15) is 14.4 Å². The van der Waals surface area contributed by atoms with Crippen LogP contribution in [0.15, 0.2) is 36.5 Å². The largest absolute Gasteiger partial charge is 0.462 e. The minimum Gasteiger partial charge on any atom is -0.462 e. The third-order valence-corrected chi connectivity index (χ3v) is 15.1. The van der Waals surface area contributed by atoms with Crippen LogP contribution in [0.2, 0.25) is 0 Å². The van der Waals surface area contributed by atoms with Gasteiger partial charge in [0.2, 0.25) is 0 Å². The first kappa shape index (κ1) is 72.6. The monoisotopic (exact) mass is 1050 g/mol. The maximum atomic E-state index is 12.9. The van der Waals surface area contributed by atoms with E-state index in [4.69, 9.17) is 14.2 Å². The molecule has 0 aromatic heterocycles. The van der Waals surface area contributed by atoms with E-state index in [2.05, 4.69) is 57.2 Å². The Balaban J connectivity index is 4.31. The number of carbonyl (C=O) groups is 3. The van der Waals surface area contributed by atoms with E-state index in [1.165, 1.54) is 263 Å². The van der Waals surface area contributed by atoms with Crippen LogP contribution in [-0.4, -0.2) is 37.2 Å². The Morgan fingerprint density at radius 1 is 0.253 bits per heavy atom. The van der Waals surface area contributed by atoms with Crippen molar-refractivity contribution in [3.05, 3.63) is 36.5 Å². The summed E-state index contributed by atoms with van der Waals surface area (Å²) < 4.78 is 17.0. The molecule has 0 spiro atoms. The molecule has 440 valence electrons. The average Bonchev–Trinajstić information content (AvgIpc) is 3.41. The summed E-state index contributed by atoms with van der Waals surface area (Å²) in [5, 5.41) is 0. The number of allylic oxidation sites excluding steroid dienone is 6. The Morgan fingerprint density at radius 3 is 0.667 bits per heavy atom. The molecule has 0 heterocycles. The quantitative estimate of drug-likeness (QED) is 0.0261. The zero-order chi connectivity index (χ0) is 54.3. The first-order valence-corrected chi connectivity index (χ1v) is 33.5. The fraction of sp³-hybridized carbons (Fsp3) is 0.870. The predicted octanol–water partition coefficient (Wildman–Crippen LogP) is 22.8. The van der Waals surface area contributed by atoms with Gasteiger partial charge in [0.05, 0.1) is 0 Å². The molecule has 6 heteroatoms. The van der Waals surface area contributed by atoms with E-state index >= 15 is 0 Å². The number of esters is 3. The normalized spacial score (nSPS) is 12.2. The van der Waals surface area contributed by atoms with Gasteiger partial charge in [-0.1, -0.05) is 288 Å². The molecule has 0 aliphatic rings. The summed E-state index contributed by atoms with van der Waals surface area (Å²) in [5.41, 5.74) is 0. The molecule has 0 aliphatic carbocycles. The van der Waals surface area contributed by atoms with Crippen LogP contribution in [0.25, 0.3) is 0 Å².